The van der Waals surface area contributed by atoms with E-state index in [4.69, 9.17) is 4.98 Å². The summed E-state index contributed by atoms with van der Waals surface area (Å²) in [5.74, 6) is 1.39. The van der Waals surface area contributed by atoms with Crippen molar-refractivity contribution in [3.8, 4) is 11.5 Å². The third-order valence-electron chi connectivity index (χ3n) is 6.64. The molecule has 0 radical (unpaired) electrons. The highest BCUT2D eigenvalue weighted by atomic mass is 16.2. The predicted octanol–water partition coefficient (Wildman–Crippen LogP) is 3.24. The van der Waals surface area contributed by atoms with Gasteiger partial charge < -0.3 is 9.47 Å². The fraction of sp³-hybridized carbons (Fsp3) is 0.522. The molecule has 5 rings (SSSR count). The fourth-order valence-corrected chi connectivity index (χ4v) is 4.57. The molecule has 0 spiro atoms. The Hall–Kier alpha value is -3.23. The van der Waals surface area contributed by atoms with Gasteiger partial charge in [-0.2, -0.15) is 0 Å². The van der Waals surface area contributed by atoms with Gasteiger partial charge in [-0.25, -0.2) is 18.9 Å². The number of aromatic nitrogens is 6. The molecule has 0 N–H and O–H groups in total. The maximum Gasteiger partial charge on any atom is 0.326 e. The summed E-state index contributed by atoms with van der Waals surface area (Å²) in [6.45, 7) is 9.93. The Balaban J connectivity index is 1.27. The summed E-state index contributed by atoms with van der Waals surface area (Å²) < 4.78 is 6.49. The molecule has 4 heterocycles. The number of anilines is 1. The lowest BCUT2D eigenvalue weighted by Gasteiger charge is -2.38. The molecule has 1 aliphatic heterocycles. The van der Waals surface area contributed by atoms with Gasteiger partial charge in [-0.1, -0.05) is 6.07 Å². The zero-order chi connectivity index (χ0) is 22.4. The minimum atomic E-state index is 0.0492. The normalized spacial score (nSPS) is 21.1. The SMILES string of the molecule is CC(C)n1cc[n+](C2CC(N3CCN(c4cccc(-c5nncn5C(C)C)n4)C3=O)C2)c1. The van der Waals surface area contributed by atoms with Crippen molar-refractivity contribution < 1.29 is 9.36 Å². The van der Waals surface area contributed by atoms with Gasteiger partial charge in [0.2, 0.25) is 6.33 Å². The van der Waals surface area contributed by atoms with E-state index in [1.807, 2.05) is 27.7 Å². The van der Waals surface area contributed by atoms with E-state index in [1.54, 1.807) is 11.2 Å². The van der Waals surface area contributed by atoms with Crippen molar-refractivity contribution in [3.05, 3.63) is 43.2 Å². The van der Waals surface area contributed by atoms with Crippen molar-refractivity contribution in [1.29, 1.82) is 0 Å². The minimum absolute atomic E-state index is 0.0492. The lowest BCUT2D eigenvalue weighted by molar-refractivity contribution is -0.734. The van der Waals surface area contributed by atoms with Crippen molar-refractivity contribution >= 4 is 11.8 Å². The third kappa shape index (κ3) is 3.55. The number of hydrogen-bond acceptors (Lipinski definition) is 4. The quantitative estimate of drug-likeness (QED) is 0.557. The standard InChI is InChI=1S/C23H31N8O/c1-16(2)27-8-9-28(15-27)18-12-19(13-18)29-10-11-30(23(29)32)21-7-5-6-20(25-21)22-26-24-14-31(22)17(3)4/h5-9,14-19H,10-13H2,1-4H3/q+1. The van der Waals surface area contributed by atoms with Gasteiger partial charge in [-0.15, -0.1) is 10.2 Å². The first-order valence-corrected chi connectivity index (χ1v) is 11.5. The molecule has 168 valence electrons. The third-order valence-corrected chi connectivity index (χ3v) is 6.64. The van der Waals surface area contributed by atoms with E-state index in [0.29, 0.717) is 30.5 Å². The molecule has 0 atom stereocenters. The Bertz CT molecular complexity index is 1110. The van der Waals surface area contributed by atoms with E-state index >= 15 is 0 Å². The molecule has 2 amide bonds. The maximum absolute atomic E-state index is 13.2. The number of carbonyl (C=O) groups excluding carboxylic acids is 1. The number of urea groups is 1. The summed E-state index contributed by atoms with van der Waals surface area (Å²) in [5.41, 5.74) is 0.731. The second kappa shape index (κ2) is 8.03. The summed E-state index contributed by atoms with van der Waals surface area (Å²) in [7, 11) is 0. The van der Waals surface area contributed by atoms with E-state index < -0.39 is 0 Å². The summed E-state index contributed by atoms with van der Waals surface area (Å²) >= 11 is 0. The minimum Gasteiger partial charge on any atom is -0.319 e. The van der Waals surface area contributed by atoms with Crippen LogP contribution in [0.4, 0.5) is 10.6 Å². The molecule has 0 aromatic carbocycles. The number of hydrogen-bond donors (Lipinski definition) is 0. The smallest absolute Gasteiger partial charge is 0.319 e. The zero-order valence-corrected chi connectivity index (χ0v) is 19.2. The first-order valence-electron chi connectivity index (χ1n) is 11.5. The summed E-state index contributed by atoms with van der Waals surface area (Å²) in [6.07, 6.45) is 10.2. The Morgan fingerprint density at radius 3 is 2.62 bits per heavy atom. The first kappa shape index (κ1) is 20.7. The maximum atomic E-state index is 13.2. The predicted molar refractivity (Wildman–Crippen MR) is 120 cm³/mol. The molecule has 9 nitrogen and oxygen atoms in total. The number of carbonyl (C=O) groups is 1. The molecule has 2 fully saturated rings. The number of nitrogens with zero attached hydrogens (tertiary/aromatic N) is 8. The highest BCUT2D eigenvalue weighted by Gasteiger charge is 2.43. The van der Waals surface area contributed by atoms with E-state index in [1.165, 1.54) is 0 Å². The van der Waals surface area contributed by atoms with Gasteiger partial charge in [0, 0.05) is 38.0 Å². The Labute approximate surface area is 188 Å². The van der Waals surface area contributed by atoms with Crippen LogP contribution in [-0.2, 0) is 0 Å². The van der Waals surface area contributed by atoms with Crippen molar-refractivity contribution in [1.82, 2.24) is 29.2 Å². The van der Waals surface area contributed by atoms with Crippen molar-refractivity contribution in [2.45, 2.75) is 64.7 Å². The van der Waals surface area contributed by atoms with Gasteiger partial charge in [0.25, 0.3) is 0 Å². The number of pyridine rings is 1. The molecule has 2 aliphatic rings. The lowest BCUT2D eigenvalue weighted by atomic mass is 9.85. The lowest BCUT2D eigenvalue weighted by Crippen LogP contribution is -2.54. The topological polar surface area (TPSA) is 76.0 Å². The monoisotopic (exact) mass is 435 g/mol. The fourth-order valence-electron chi connectivity index (χ4n) is 4.57. The first-order chi connectivity index (χ1) is 15.4. The molecule has 1 aliphatic carbocycles. The van der Waals surface area contributed by atoms with Crippen LogP contribution in [0.5, 0.6) is 0 Å². The van der Waals surface area contributed by atoms with Crippen LogP contribution >= 0.6 is 0 Å². The average Bonchev–Trinajstić information content (AvgIpc) is 3.47. The Kier molecular flexibility index (Phi) is 5.19. The van der Waals surface area contributed by atoms with Gasteiger partial charge in [-0.3, -0.25) is 4.90 Å². The molecule has 0 unspecified atom stereocenters. The number of imidazole rings is 1. The van der Waals surface area contributed by atoms with Gasteiger partial charge in [0.1, 0.15) is 36.3 Å². The highest BCUT2D eigenvalue weighted by molar-refractivity contribution is 5.93. The summed E-state index contributed by atoms with van der Waals surface area (Å²) in [5, 5.41) is 8.28. The van der Waals surface area contributed by atoms with Crippen LogP contribution in [-0.4, -0.2) is 54.4 Å². The van der Waals surface area contributed by atoms with E-state index in [-0.39, 0.29) is 12.1 Å². The van der Waals surface area contributed by atoms with E-state index in [9.17, 15) is 4.79 Å². The van der Waals surface area contributed by atoms with Crippen molar-refractivity contribution in [3.63, 3.8) is 0 Å². The van der Waals surface area contributed by atoms with E-state index in [2.05, 4.69) is 65.7 Å². The van der Waals surface area contributed by atoms with E-state index in [0.717, 1.165) is 30.9 Å². The molecule has 0 bridgehead atoms. The molecule has 3 aromatic heterocycles. The largest absolute Gasteiger partial charge is 0.326 e. The van der Waals surface area contributed by atoms with Crippen LogP contribution in [0.15, 0.2) is 43.2 Å². The van der Waals surface area contributed by atoms with Crippen LogP contribution in [0.25, 0.3) is 11.5 Å². The zero-order valence-electron chi connectivity index (χ0n) is 19.2. The second-order valence-corrected chi connectivity index (χ2v) is 9.35. The molecule has 32 heavy (non-hydrogen) atoms. The van der Waals surface area contributed by atoms with Crippen molar-refractivity contribution in [2.75, 3.05) is 18.0 Å². The summed E-state index contributed by atoms with van der Waals surface area (Å²) in [4.78, 5) is 21.8. The van der Waals surface area contributed by atoms with Gasteiger partial charge in [0.05, 0.1) is 6.04 Å². The van der Waals surface area contributed by atoms with Crippen LogP contribution < -0.4 is 9.47 Å². The van der Waals surface area contributed by atoms with Crippen LogP contribution in [0.1, 0.15) is 58.7 Å². The molecule has 9 heteroatoms. The van der Waals surface area contributed by atoms with Gasteiger partial charge in [0.15, 0.2) is 5.82 Å². The summed E-state index contributed by atoms with van der Waals surface area (Å²) in [6, 6.07) is 7.24. The Morgan fingerprint density at radius 1 is 1.09 bits per heavy atom. The molecule has 3 aromatic rings. The average molecular weight is 436 g/mol. The van der Waals surface area contributed by atoms with Gasteiger partial charge >= 0.3 is 6.03 Å². The molecular formula is C23H31N8O+. The molecule has 1 saturated carbocycles. The second-order valence-electron chi connectivity index (χ2n) is 9.35. The number of amides is 2. The van der Waals surface area contributed by atoms with Gasteiger partial charge in [-0.05, 0) is 39.8 Å². The molecular weight excluding hydrogens is 404 g/mol. The van der Waals surface area contributed by atoms with Crippen molar-refractivity contribution in [2.24, 2.45) is 0 Å². The number of rotatable bonds is 6. The van der Waals surface area contributed by atoms with Crippen LogP contribution in [0, 0.1) is 0 Å². The molecule has 1 saturated heterocycles. The van der Waals surface area contributed by atoms with Crippen LogP contribution in [0.2, 0.25) is 0 Å². The Morgan fingerprint density at radius 2 is 1.91 bits per heavy atom. The van der Waals surface area contributed by atoms with Crippen LogP contribution in [0.3, 0.4) is 0 Å². The highest BCUT2D eigenvalue weighted by Crippen LogP contribution is 2.35.